The molecule has 22 heavy (non-hydrogen) atoms. The Morgan fingerprint density at radius 2 is 1.64 bits per heavy atom. The third kappa shape index (κ3) is 1.97. The zero-order valence-electron chi connectivity index (χ0n) is 13.6. The van der Waals surface area contributed by atoms with Gasteiger partial charge in [-0.25, -0.2) is 0 Å². The van der Waals surface area contributed by atoms with E-state index >= 15 is 0 Å². The van der Waals surface area contributed by atoms with Gasteiger partial charge in [-0.2, -0.15) is 0 Å². The molecule has 4 rings (SSSR count). The fraction of sp³-hybridized carbons (Fsp3) is 0.364. The van der Waals surface area contributed by atoms with E-state index in [2.05, 4.69) is 62.4 Å². The SMILES string of the molecule is CC[C@@H]1CCc2c(ccc3c2ccc2ccccc23)[C@@H]1CC. The highest BCUT2D eigenvalue weighted by molar-refractivity contribution is 6.08. The largest absolute Gasteiger partial charge is 0.0651 e. The summed E-state index contributed by atoms with van der Waals surface area (Å²) in [6.07, 6.45) is 5.19. The summed E-state index contributed by atoms with van der Waals surface area (Å²) in [5.74, 6) is 1.63. The normalized spacial score (nSPS) is 21.2. The molecule has 0 fully saturated rings. The molecule has 3 aromatic carbocycles. The van der Waals surface area contributed by atoms with Crippen molar-refractivity contribution in [1.82, 2.24) is 0 Å². The monoisotopic (exact) mass is 288 g/mol. The molecule has 0 heteroatoms. The smallest absolute Gasteiger partial charge is 0.0102 e. The van der Waals surface area contributed by atoms with Crippen LogP contribution in [0.3, 0.4) is 0 Å². The molecule has 0 aromatic heterocycles. The van der Waals surface area contributed by atoms with Crippen molar-refractivity contribution in [2.45, 2.75) is 45.4 Å². The van der Waals surface area contributed by atoms with E-state index in [0.29, 0.717) is 0 Å². The van der Waals surface area contributed by atoms with Crippen LogP contribution in [0.5, 0.6) is 0 Å². The minimum Gasteiger partial charge on any atom is -0.0651 e. The van der Waals surface area contributed by atoms with Gasteiger partial charge in [-0.3, -0.25) is 0 Å². The first kappa shape index (κ1) is 13.8. The van der Waals surface area contributed by atoms with E-state index in [4.69, 9.17) is 0 Å². The zero-order chi connectivity index (χ0) is 15.1. The molecule has 0 saturated carbocycles. The Labute approximate surface area is 133 Å². The molecular weight excluding hydrogens is 264 g/mol. The van der Waals surface area contributed by atoms with Crippen molar-refractivity contribution in [3.63, 3.8) is 0 Å². The first-order valence-corrected chi connectivity index (χ1v) is 8.76. The molecule has 0 unspecified atom stereocenters. The predicted octanol–water partition coefficient (Wildman–Crippen LogP) is 6.46. The topological polar surface area (TPSA) is 0 Å². The van der Waals surface area contributed by atoms with E-state index in [1.165, 1.54) is 47.2 Å². The lowest BCUT2D eigenvalue weighted by Gasteiger charge is -2.33. The molecule has 0 spiro atoms. The molecule has 112 valence electrons. The summed E-state index contributed by atoms with van der Waals surface area (Å²) in [4.78, 5) is 0. The van der Waals surface area contributed by atoms with Gasteiger partial charge in [0.1, 0.15) is 0 Å². The molecule has 3 aromatic rings. The van der Waals surface area contributed by atoms with Crippen LogP contribution >= 0.6 is 0 Å². The fourth-order valence-corrected chi connectivity index (χ4v) is 4.62. The third-order valence-corrected chi connectivity index (χ3v) is 5.77. The standard InChI is InChI=1S/C22H24/c1-3-15-9-11-21-19(17(15)4-2)13-14-20-18-8-6-5-7-16(18)10-12-22(20)21/h5-8,10,12-15,17H,3-4,9,11H2,1-2H3/t15-,17-/m1/s1. The molecular formula is C22H24. The molecule has 0 radical (unpaired) electrons. The van der Waals surface area contributed by atoms with E-state index < -0.39 is 0 Å². The van der Waals surface area contributed by atoms with Crippen LogP contribution in [-0.4, -0.2) is 0 Å². The molecule has 0 N–H and O–H groups in total. The zero-order valence-corrected chi connectivity index (χ0v) is 13.6. The van der Waals surface area contributed by atoms with Crippen molar-refractivity contribution in [2.75, 3.05) is 0 Å². The van der Waals surface area contributed by atoms with E-state index in [-0.39, 0.29) is 0 Å². The highest BCUT2D eigenvalue weighted by Gasteiger charge is 2.28. The minimum atomic E-state index is 0.754. The summed E-state index contributed by atoms with van der Waals surface area (Å²) >= 11 is 0. The van der Waals surface area contributed by atoms with E-state index in [1.54, 1.807) is 11.1 Å². The molecule has 0 heterocycles. The summed E-state index contributed by atoms with van der Waals surface area (Å²) < 4.78 is 0. The van der Waals surface area contributed by atoms with Gasteiger partial charge in [-0.1, -0.05) is 68.8 Å². The molecule has 2 atom stereocenters. The molecule has 0 nitrogen and oxygen atoms in total. The highest BCUT2D eigenvalue weighted by atomic mass is 14.3. The van der Waals surface area contributed by atoms with Crippen LogP contribution < -0.4 is 0 Å². The Morgan fingerprint density at radius 3 is 2.45 bits per heavy atom. The van der Waals surface area contributed by atoms with Gasteiger partial charge in [-0.15, -0.1) is 0 Å². The molecule has 1 aliphatic rings. The summed E-state index contributed by atoms with van der Waals surface area (Å²) in [5, 5.41) is 5.67. The first-order valence-electron chi connectivity index (χ1n) is 8.76. The first-order chi connectivity index (χ1) is 10.8. The van der Waals surface area contributed by atoms with Crippen LogP contribution in [0.4, 0.5) is 0 Å². The van der Waals surface area contributed by atoms with E-state index in [9.17, 15) is 0 Å². The Hall–Kier alpha value is -1.82. The van der Waals surface area contributed by atoms with Crippen molar-refractivity contribution < 1.29 is 0 Å². The van der Waals surface area contributed by atoms with Gasteiger partial charge in [0, 0.05) is 0 Å². The van der Waals surface area contributed by atoms with Gasteiger partial charge < -0.3 is 0 Å². The van der Waals surface area contributed by atoms with Crippen LogP contribution in [0.25, 0.3) is 21.5 Å². The Morgan fingerprint density at radius 1 is 0.818 bits per heavy atom. The van der Waals surface area contributed by atoms with Crippen molar-refractivity contribution in [1.29, 1.82) is 0 Å². The average Bonchev–Trinajstić information content (AvgIpc) is 2.59. The van der Waals surface area contributed by atoms with E-state index in [0.717, 1.165) is 11.8 Å². The number of hydrogen-bond donors (Lipinski definition) is 0. The predicted molar refractivity (Wildman–Crippen MR) is 96.6 cm³/mol. The van der Waals surface area contributed by atoms with Gasteiger partial charge in [-0.05, 0) is 63.8 Å². The Kier molecular flexibility index (Phi) is 3.41. The summed E-state index contributed by atoms with van der Waals surface area (Å²) in [6, 6.07) is 18.2. The number of aryl methyl sites for hydroxylation is 1. The number of fused-ring (bicyclic) bond motifs is 5. The second-order valence-corrected chi connectivity index (χ2v) is 6.74. The maximum absolute atomic E-state index is 2.43. The Bertz CT molecular complexity index is 828. The van der Waals surface area contributed by atoms with Gasteiger partial charge >= 0.3 is 0 Å². The lowest BCUT2D eigenvalue weighted by molar-refractivity contribution is 0.354. The maximum Gasteiger partial charge on any atom is -0.0102 e. The lowest BCUT2D eigenvalue weighted by atomic mass is 9.71. The Balaban J connectivity index is 1.99. The van der Waals surface area contributed by atoms with Gasteiger partial charge in [0.2, 0.25) is 0 Å². The molecule has 0 amide bonds. The van der Waals surface area contributed by atoms with Crippen LogP contribution in [0.2, 0.25) is 0 Å². The quantitative estimate of drug-likeness (QED) is 0.475. The van der Waals surface area contributed by atoms with Gasteiger partial charge in [0.15, 0.2) is 0 Å². The van der Waals surface area contributed by atoms with Crippen molar-refractivity contribution in [2.24, 2.45) is 5.92 Å². The van der Waals surface area contributed by atoms with Crippen molar-refractivity contribution in [3.05, 3.63) is 59.7 Å². The highest BCUT2D eigenvalue weighted by Crippen LogP contribution is 2.43. The van der Waals surface area contributed by atoms with Crippen LogP contribution in [-0.2, 0) is 6.42 Å². The van der Waals surface area contributed by atoms with E-state index in [1.807, 2.05) is 0 Å². The summed E-state index contributed by atoms with van der Waals surface area (Å²) in [5.41, 5.74) is 3.25. The summed E-state index contributed by atoms with van der Waals surface area (Å²) in [7, 11) is 0. The number of benzene rings is 3. The average molecular weight is 288 g/mol. The number of hydrogen-bond acceptors (Lipinski definition) is 0. The van der Waals surface area contributed by atoms with Gasteiger partial charge in [0.05, 0.1) is 0 Å². The van der Waals surface area contributed by atoms with Crippen LogP contribution in [0, 0.1) is 5.92 Å². The van der Waals surface area contributed by atoms with Crippen molar-refractivity contribution >= 4 is 21.5 Å². The van der Waals surface area contributed by atoms with Crippen LogP contribution in [0.1, 0.15) is 50.2 Å². The van der Waals surface area contributed by atoms with Crippen LogP contribution in [0.15, 0.2) is 48.5 Å². The number of rotatable bonds is 2. The minimum absolute atomic E-state index is 0.754. The van der Waals surface area contributed by atoms with Crippen molar-refractivity contribution in [3.8, 4) is 0 Å². The fourth-order valence-electron chi connectivity index (χ4n) is 4.62. The molecule has 0 saturated heterocycles. The molecule has 0 bridgehead atoms. The second-order valence-electron chi connectivity index (χ2n) is 6.74. The third-order valence-electron chi connectivity index (χ3n) is 5.77. The summed E-state index contributed by atoms with van der Waals surface area (Å²) in [6.45, 7) is 4.71. The lowest BCUT2D eigenvalue weighted by Crippen LogP contribution is -2.20. The maximum atomic E-state index is 2.43. The molecule has 1 aliphatic carbocycles. The molecule has 0 aliphatic heterocycles. The second kappa shape index (κ2) is 5.43. The van der Waals surface area contributed by atoms with Gasteiger partial charge in [0.25, 0.3) is 0 Å².